The molecule has 0 aromatic carbocycles. The molecule has 0 unspecified atom stereocenters. The van der Waals surface area contributed by atoms with Crippen molar-refractivity contribution in [3.8, 4) is 0 Å². The average Bonchev–Trinajstić information content (AvgIpc) is 2.29. The predicted octanol–water partition coefficient (Wildman–Crippen LogP) is 0.468. The molecule has 5 nitrogen and oxygen atoms in total. The first-order valence-electron chi connectivity index (χ1n) is 3.52. The van der Waals surface area contributed by atoms with E-state index in [-0.39, 0.29) is 5.69 Å². The molecule has 0 saturated heterocycles. The Morgan fingerprint density at radius 2 is 2.25 bits per heavy atom. The van der Waals surface area contributed by atoms with Crippen molar-refractivity contribution in [2.24, 2.45) is 7.05 Å². The molecule has 5 heteroatoms. The Morgan fingerprint density at radius 1 is 1.67 bits per heavy atom. The van der Waals surface area contributed by atoms with Gasteiger partial charge in [0.15, 0.2) is 5.69 Å². The molecule has 1 aromatic heterocycles. The lowest BCUT2D eigenvalue weighted by Gasteiger charge is -1.98. The molecule has 2 N–H and O–H groups in total. The van der Waals surface area contributed by atoms with Crippen molar-refractivity contribution in [2.45, 2.75) is 6.92 Å². The van der Waals surface area contributed by atoms with Gasteiger partial charge in [-0.2, -0.15) is 5.10 Å². The monoisotopic (exact) mass is 169 g/mol. The number of carbonyl (C=O) groups is 1. The molecule has 0 radical (unpaired) electrons. The van der Waals surface area contributed by atoms with Gasteiger partial charge in [-0.05, 0) is 6.92 Å². The van der Waals surface area contributed by atoms with Crippen LogP contribution < -0.4 is 5.32 Å². The van der Waals surface area contributed by atoms with Crippen LogP contribution in [0.25, 0.3) is 0 Å². The Labute approximate surface area is 70.0 Å². The van der Waals surface area contributed by atoms with E-state index in [9.17, 15) is 4.79 Å². The van der Waals surface area contributed by atoms with Gasteiger partial charge >= 0.3 is 5.97 Å². The highest BCUT2D eigenvalue weighted by molar-refractivity contribution is 5.92. The van der Waals surface area contributed by atoms with Crippen LogP contribution in [-0.4, -0.2) is 27.9 Å². The van der Waals surface area contributed by atoms with Gasteiger partial charge < -0.3 is 10.4 Å². The lowest BCUT2D eigenvalue weighted by atomic mass is 10.3. The maximum absolute atomic E-state index is 10.6. The first-order chi connectivity index (χ1) is 5.57. The minimum Gasteiger partial charge on any atom is -0.476 e. The van der Waals surface area contributed by atoms with E-state index >= 15 is 0 Å². The summed E-state index contributed by atoms with van der Waals surface area (Å²) >= 11 is 0. The van der Waals surface area contributed by atoms with E-state index in [1.165, 1.54) is 4.68 Å². The van der Waals surface area contributed by atoms with E-state index in [1.807, 2.05) is 6.92 Å². The molecule has 12 heavy (non-hydrogen) atoms. The van der Waals surface area contributed by atoms with Crippen molar-refractivity contribution >= 4 is 11.7 Å². The smallest absolute Gasteiger partial charge is 0.358 e. The van der Waals surface area contributed by atoms with Crippen molar-refractivity contribution in [2.75, 3.05) is 12.4 Å². The second kappa shape index (κ2) is 2.84. The second-order valence-corrected chi connectivity index (χ2v) is 2.49. The van der Waals surface area contributed by atoms with Crippen molar-refractivity contribution in [1.29, 1.82) is 0 Å². The summed E-state index contributed by atoms with van der Waals surface area (Å²) in [7, 11) is 3.39. The molecular formula is C7H11N3O2. The summed E-state index contributed by atoms with van der Waals surface area (Å²) in [6.07, 6.45) is 0. The molecular weight excluding hydrogens is 158 g/mol. The number of nitrogens with zero attached hydrogens (tertiary/aromatic N) is 2. The highest BCUT2D eigenvalue weighted by Crippen LogP contribution is 2.17. The zero-order valence-electron chi connectivity index (χ0n) is 7.25. The Kier molecular flexibility index (Phi) is 2.03. The third-order valence-corrected chi connectivity index (χ3v) is 1.79. The fourth-order valence-corrected chi connectivity index (χ4v) is 1.06. The topological polar surface area (TPSA) is 67.2 Å². The average molecular weight is 169 g/mol. The van der Waals surface area contributed by atoms with Gasteiger partial charge in [0, 0.05) is 14.1 Å². The van der Waals surface area contributed by atoms with Crippen LogP contribution in [0, 0.1) is 6.92 Å². The normalized spacial score (nSPS) is 9.92. The Bertz CT molecular complexity index is 317. The number of aromatic nitrogens is 2. The molecule has 66 valence electrons. The Morgan fingerprint density at radius 3 is 2.58 bits per heavy atom. The van der Waals surface area contributed by atoms with Crippen molar-refractivity contribution in [3.63, 3.8) is 0 Å². The number of anilines is 1. The summed E-state index contributed by atoms with van der Waals surface area (Å²) in [5.74, 6) is -1.01. The standard InChI is InChI=1S/C7H11N3O2/c1-4-5(8-2)6(7(11)12)9-10(4)3/h8H,1-3H3,(H,11,12). The Balaban J connectivity index is 3.29. The molecule has 0 fully saturated rings. The summed E-state index contributed by atoms with van der Waals surface area (Å²) in [6, 6.07) is 0. The third kappa shape index (κ3) is 1.13. The second-order valence-electron chi connectivity index (χ2n) is 2.49. The van der Waals surface area contributed by atoms with Gasteiger partial charge in [-0.3, -0.25) is 4.68 Å². The largest absolute Gasteiger partial charge is 0.476 e. The van der Waals surface area contributed by atoms with Crippen LogP contribution in [0.4, 0.5) is 5.69 Å². The molecule has 0 aliphatic carbocycles. The van der Waals surface area contributed by atoms with Gasteiger partial charge in [0.05, 0.1) is 11.4 Å². The quantitative estimate of drug-likeness (QED) is 0.675. The lowest BCUT2D eigenvalue weighted by molar-refractivity contribution is 0.0690. The maximum atomic E-state index is 10.6. The number of rotatable bonds is 2. The van der Waals surface area contributed by atoms with Crippen LogP contribution in [-0.2, 0) is 7.05 Å². The van der Waals surface area contributed by atoms with Gasteiger partial charge in [-0.25, -0.2) is 4.79 Å². The number of hydrogen-bond acceptors (Lipinski definition) is 3. The minimum absolute atomic E-state index is 0.0671. The zero-order chi connectivity index (χ0) is 9.30. The molecule has 1 aromatic rings. The van der Waals surface area contributed by atoms with Crippen molar-refractivity contribution < 1.29 is 9.90 Å². The number of carboxylic acids is 1. The van der Waals surface area contributed by atoms with Gasteiger partial charge in [0.25, 0.3) is 0 Å². The number of hydrogen-bond donors (Lipinski definition) is 2. The van der Waals surface area contributed by atoms with E-state index in [4.69, 9.17) is 5.11 Å². The molecule has 0 amide bonds. The van der Waals surface area contributed by atoms with Crippen LogP contribution in [0.2, 0.25) is 0 Å². The Hall–Kier alpha value is -1.52. The van der Waals surface area contributed by atoms with Crippen LogP contribution >= 0.6 is 0 Å². The summed E-state index contributed by atoms with van der Waals surface area (Å²) < 4.78 is 1.54. The van der Waals surface area contributed by atoms with E-state index in [1.54, 1.807) is 14.1 Å². The molecule has 1 rings (SSSR count). The molecule has 0 atom stereocenters. The highest BCUT2D eigenvalue weighted by atomic mass is 16.4. The van der Waals surface area contributed by atoms with Gasteiger partial charge in [0.2, 0.25) is 0 Å². The summed E-state index contributed by atoms with van der Waals surface area (Å²) in [5.41, 5.74) is 1.46. The molecule has 0 saturated carbocycles. The fourth-order valence-electron chi connectivity index (χ4n) is 1.06. The first-order valence-corrected chi connectivity index (χ1v) is 3.52. The molecule has 0 aliphatic heterocycles. The van der Waals surface area contributed by atoms with E-state index < -0.39 is 5.97 Å². The first kappa shape index (κ1) is 8.58. The number of aromatic carboxylic acids is 1. The molecule has 0 bridgehead atoms. The van der Waals surface area contributed by atoms with E-state index in [2.05, 4.69) is 10.4 Å². The van der Waals surface area contributed by atoms with Crippen molar-refractivity contribution in [1.82, 2.24) is 9.78 Å². The number of aryl methyl sites for hydroxylation is 1. The van der Waals surface area contributed by atoms with Crippen LogP contribution in [0.5, 0.6) is 0 Å². The maximum Gasteiger partial charge on any atom is 0.358 e. The van der Waals surface area contributed by atoms with Gasteiger partial charge in [-0.15, -0.1) is 0 Å². The minimum atomic E-state index is -1.01. The zero-order valence-corrected chi connectivity index (χ0v) is 7.25. The summed E-state index contributed by atoms with van der Waals surface area (Å²) in [5, 5.41) is 15.4. The molecule has 0 aliphatic rings. The number of carboxylic acid groups (broad SMARTS) is 1. The fraction of sp³-hybridized carbons (Fsp3) is 0.429. The van der Waals surface area contributed by atoms with E-state index in [0.29, 0.717) is 5.69 Å². The molecule has 0 spiro atoms. The summed E-state index contributed by atoms with van der Waals surface area (Å²) in [6.45, 7) is 1.81. The van der Waals surface area contributed by atoms with Crippen molar-refractivity contribution in [3.05, 3.63) is 11.4 Å². The van der Waals surface area contributed by atoms with Crippen LogP contribution in [0.3, 0.4) is 0 Å². The van der Waals surface area contributed by atoms with Crippen LogP contribution in [0.15, 0.2) is 0 Å². The SMILES string of the molecule is CNc1c(C(=O)O)nn(C)c1C. The molecule has 1 heterocycles. The highest BCUT2D eigenvalue weighted by Gasteiger charge is 2.16. The van der Waals surface area contributed by atoms with E-state index in [0.717, 1.165) is 5.69 Å². The third-order valence-electron chi connectivity index (χ3n) is 1.79. The van der Waals surface area contributed by atoms with Crippen LogP contribution in [0.1, 0.15) is 16.2 Å². The summed E-state index contributed by atoms with van der Waals surface area (Å²) in [4.78, 5) is 10.6. The predicted molar refractivity (Wildman–Crippen MR) is 44.5 cm³/mol. The lowest BCUT2D eigenvalue weighted by Crippen LogP contribution is -2.02. The number of nitrogens with one attached hydrogen (secondary N) is 1. The van der Waals surface area contributed by atoms with Gasteiger partial charge in [0.1, 0.15) is 0 Å². The van der Waals surface area contributed by atoms with Gasteiger partial charge in [-0.1, -0.05) is 0 Å².